The van der Waals surface area contributed by atoms with Crippen molar-refractivity contribution in [3.05, 3.63) is 24.0 Å². The van der Waals surface area contributed by atoms with Gasteiger partial charge < -0.3 is 15.0 Å². The average molecular weight is 209 g/mol. The van der Waals surface area contributed by atoms with Crippen molar-refractivity contribution in [2.45, 2.75) is 6.10 Å². The van der Waals surface area contributed by atoms with Crippen LogP contribution in [0.25, 0.3) is 0 Å². The summed E-state index contributed by atoms with van der Waals surface area (Å²) in [6, 6.07) is 1.98. The smallest absolute Gasteiger partial charge is 0.0931 e. The van der Waals surface area contributed by atoms with E-state index in [4.69, 9.17) is 0 Å². The van der Waals surface area contributed by atoms with Crippen LogP contribution in [0.5, 0.6) is 0 Å². The molecule has 2 heterocycles. The zero-order valence-corrected chi connectivity index (χ0v) is 9.19. The largest absolute Gasteiger partial charge is 0.387 e. The number of nitrogens with zero attached hydrogens (tertiary/aromatic N) is 2. The highest BCUT2D eigenvalue weighted by Gasteiger charge is 2.15. The van der Waals surface area contributed by atoms with Crippen LogP contribution in [0.4, 0.5) is 0 Å². The summed E-state index contributed by atoms with van der Waals surface area (Å²) in [6.07, 6.45) is 3.59. The van der Waals surface area contributed by atoms with Gasteiger partial charge in [0.15, 0.2) is 0 Å². The maximum atomic E-state index is 10.0. The molecule has 1 aliphatic heterocycles. The Morgan fingerprint density at radius 2 is 2.20 bits per heavy atom. The van der Waals surface area contributed by atoms with Gasteiger partial charge in [-0.05, 0) is 11.6 Å². The molecule has 0 saturated carbocycles. The Morgan fingerprint density at radius 1 is 1.47 bits per heavy atom. The molecule has 15 heavy (non-hydrogen) atoms. The number of aromatic nitrogens is 1. The first-order chi connectivity index (χ1) is 7.25. The first-order valence-corrected chi connectivity index (χ1v) is 5.49. The number of aryl methyl sites for hydroxylation is 1. The summed E-state index contributed by atoms with van der Waals surface area (Å²) in [4.78, 5) is 2.30. The number of aliphatic hydroxyl groups is 1. The van der Waals surface area contributed by atoms with Crippen LogP contribution in [0, 0.1) is 0 Å². The molecule has 4 nitrogen and oxygen atoms in total. The van der Waals surface area contributed by atoms with Crippen molar-refractivity contribution in [2.75, 3.05) is 32.7 Å². The molecule has 0 aromatic carbocycles. The fourth-order valence-electron chi connectivity index (χ4n) is 1.97. The molecule has 2 rings (SSSR count). The summed E-state index contributed by atoms with van der Waals surface area (Å²) in [7, 11) is 1.97. The molecule has 84 valence electrons. The third-order valence-corrected chi connectivity index (χ3v) is 2.88. The van der Waals surface area contributed by atoms with Crippen molar-refractivity contribution < 1.29 is 5.11 Å². The second kappa shape index (κ2) is 4.79. The van der Waals surface area contributed by atoms with Crippen LogP contribution in [0.2, 0.25) is 0 Å². The first kappa shape index (κ1) is 10.7. The normalized spacial score (nSPS) is 20.4. The van der Waals surface area contributed by atoms with Gasteiger partial charge in [-0.1, -0.05) is 0 Å². The van der Waals surface area contributed by atoms with Gasteiger partial charge in [-0.2, -0.15) is 0 Å². The minimum absolute atomic E-state index is 0.357. The SMILES string of the molecule is Cn1ccc(C(O)CN2CCNCC2)c1. The number of aliphatic hydroxyl groups excluding tert-OH is 1. The van der Waals surface area contributed by atoms with Gasteiger partial charge in [0.2, 0.25) is 0 Å². The number of rotatable bonds is 3. The topological polar surface area (TPSA) is 40.4 Å². The number of nitrogens with one attached hydrogen (secondary N) is 1. The van der Waals surface area contributed by atoms with E-state index >= 15 is 0 Å². The lowest BCUT2D eigenvalue weighted by molar-refractivity contribution is 0.105. The molecule has 1 fully saturated rings. The number of β-amino-alcohol motifs (C(OH)–C–C–N with tert-alkyl or cyclic N) is 1. The molecule has 1 saturated heterocycles. The van der Waals surface area contributed by atoms with E-state index in [1.807, 2.05) is 30.1 Å². The number of piperazine rings is 1. The van der Waals surface area contributed by atoms with E-state index in [1.54, 1.807) is 0 Å². The van der Waals surface area contributed by atoms with Crippen LogP contribution in [0.3, 0.4) is 0 Å². The molecule has 1 unspecified atom stereocenters. The van der Waals surface area contributed by atoms with E-state index < -0.39 is 0 Å². The Morgan fingerprint density at radius 3 is 2.80 bits per heavy atom. The van der Waals surface area contributed by atoms with Crippen molar-refractivity contribution in [3.63, 3.8) is 0 Å². The van der Waals surface area contributed by atoms with E-state index in [1.165, 1.54) is 0 Å². The fourth-order valence-corrected chi connectivity index (χ4v) is 1.97. The predicted molar refractivity (Wildman–Crippen MR) is 59.7 cm³/mol. The Labute approximate surface area is 90.5 Å². The predicted octanol–water partition coefficient (Wildman–Crippen LogP) is -0.0363. The molecular formula is C11H19N3O. The Hall–Kier alpha value is -0.840. The Bertz CT molecular complexity index is 305. The maximum absolute atomic E-state index is 10.0. The standard InChI is InChI=1S/C11H19N3O/c1-13-5-2-10(8-13)11(15)9-14-6-3-12-4-7-14/h2,5,8,11-12,15H,3-4,6-7,9H2,1H3. The highest BCUT2D eigenvalue weighted by molar-refractivity contribution is 5.13. The molecule has 0 aliphatic carbocycles. The van der Waals surface area contributed by atoms with Crippen LogP contribution in [0.1, 0.15) is 11.7 Å². The fraction of sp³-hybridized carbons (Fsp3) is 0.636. The molecular weight excluding hydrogens is 190 g/mol. The summed E-state index contributed by atoms with van der Waals surface area (Å²) in [5, 5.41) is 13.3. The first-order valence-electron chi connectivity index (χ1n) is 5.49. The van der Waals surface area contributed by atoms with Crippen molar-refractivity contribution in [2.24, 2.45) is 7.05 Å². The highest BCUT2D eigenvalue weighted by Crippen LogP contribution is 2.14. The third-order valence-electron chi connectivity index (χ3n) is 2.88. The van der Waals surface area contributed by atoms with E-state index in [9.17, 15) is 5.11 Å². The molecule has 1 atom stereocenters. The van der Waals surface area contributed by atoms with E-state index in [2.05, 4.69) is 10.2 Å². The van der Waals surface area contributed by atoms with E-state index in [-0.39, 0.29) is 6.10 Å². The van der Waals surface area contributed by atoms with Crippen LogP contribution < -0.4 is 5.32 Å². The molecule has 1 aromatic rings. The number of hydrogen-bond acceptors (Lipinski definition) is 3. The van der Waals surface area contributed by atoms with Gasteiger partial charge >= 0.3 is 0 Å². The van der Waals surface area contributed by atoms with Gasteiger partial charge in [-0.25, -0.2) is 0 Å². The van der Waals surface area contributed by atoms with Crippen LogP contribution in [-0.4, -0.2) is 47.3 Å². The summed E-state index contributed by atoms with van der Waals surface area (Å²) in [5.41, 5.74) is 1.01. The van der Waals surface area contributed by atoms with Gasteiger partial charge in [0.05, 0.1) is 6.10 Å². The molecule has 0 bridgehead atoms. The van der Waals surface area contributed by atoms with Crippen molar-refractivity contribution in [1.82, 2.24) is 14.8 Å². The molecule has 2 N–H and O–H groups in total. The highest BCUT2D eigenvalue weighted by atomic mass is 16.3. The summed E-state index contributed by atoms with van der Waals surface area (Å²) >= 11 is 0. The van der Waals surface area contributed by atoms with E-state index in [0.717, 1.165) is 38.3 Å². The van der Waals surface area contributed by atoms with Crippen molar-refractivity contribution in [3.8, 4) is 0 Å². The molecule has 1 aliphatic rings. The lowest BCUT2D eigenvalue weighted by atomic mass is 10.2. The third kappa shape index (κ3) is 2.81. The van der Waals surface area contributed by atoms with Gasteiger partial charge in [-0.15, -0.1) is 0 Å². The van der Waals surface area contributed by atoms with Crippen molar-refractivity contribution >= 4 is 0 Å². The average Bonchev–Trinajstić information content (AvgIpc) is 2.66. The Balaban J connectivity index is 1.88. The lowest BCUT2D eigenvalue weighted by Crippen LogP contribution is -2.44. The molecule has 0 radical (unpaired) electrons. The number of hydrogen-bond donors (Lipinski definition) is 2. The zero-order valence-electron chi connectivity index (χ0n) is 9.19. The molecule has 0 amide bonds. The van der Waals surface area contributed by atoms with Crippen LogP contribution >= 0.6 is 0 Å². The Kier molecular flexibility index (Phi) is 3.41. The van der Waals surface area contributed by atoms with Gasteiger partial charge in [0, 0.05) is 52.2 Å². The minimum Gasteiger partial charge on any atom is -0.387 e. The molecule has 1 aromatic heterocycles. The summed E-state index contributed by atoms with van der Waals surface area (Å²) < 4.78 is 1.97. The minimum atomic E-state index is -0.357. The van der Waals surface area contributed by atoms with Crippen LogP contribution in [-0.2, 0) is 7.05 Å². The molecule has 4 heteroatoms. The lowest BCUT2D eigenvalue weighted by Gasteiger charge is -2.28. The monoisotopic (exact) mass is 209 g/mol. The summed E-state index contributed by atoms with van der Waals surface area (Å²) in [6.45, 7) is 4.86. The molecule has 0 spiro atoms. The second-order valence-electron chi connectivity index (χ2n) is 4.18. The van der Waals surface area contributed by atoms with E-state index in [0.29, 0.717) is 0 Å². The zero-order chi connectivity index (χ0) is 10.7. The van der Waals surface area contributed by atoms with Gasteiger partial charge in [0.1, 0.15) is 0 Å². The quantitative estimate of drug-likeness (QED) is 0.734. The van der Waals surface area contributed by atoms with Gasteiger partial charge in [-0.3, -0.25) is 4.90 Å². The summed E-state index contributed by atoms with van der Waals surface area (Å²) in [5.74, 6) is 0. The van der Waals surface area contributed by atoms with Gasteiger partial charge in [0.25, 0.3) is 0 Å². The van der Waals surface area contributed by atoms with Crippen LogP contribution in [0.15, 0.2) is 18.5 Å². The van der Waals surface area contributed by atoms with Crippen molar-refractivity contribution in [1.29, 1.82) is 0 Å². The second-order valence-corrected chi connectivity index (χ2v) is 4.18. The maximum Gasteiger partial charge on any atom is 0.0931 e.